The number of nitro groups is 1. The molecule has 0 aliphatic heterocycles. The molecule has 0 aromatic carbocycles. The molecule has 1 N–H and O–H groups in total. The van der Waals surface area contributed by atoms with Crippen molar-refractivity contribution in [1.82, 2.24) is 14.6 Å². The van der Waals surface area contributed by atoms with E-state index >= 15 is 0 Å². The van der Waals surface area contributed by atoms with Crippen LogP contribution in [0.25, 0.3) is 5.65 Å². The maximum Gasteiger partial charge on any atom is 0.379 e. The molecule has 2 rings (SSSR count). The zero-order valence-corrected chi connectivity index (χ0v) is 8.14. The number of aromatic amines is 1. The Labute approximate surface area is 83.5 Å². The molecule has 0 bridgehead atoms. The van der Waals surface area contributed by atoms with Gasteiger partial charge in [0, 0.05) is 11.4 Å². The van der Waals surface area contributed by atoms with Crippen LogP contribution in [0.15, 0.2) is 10.9 Å². The molecule has 0 aliphatic carbocycles. The molecular weight excluding hydrogens is 200 g/mol. The Kier molecular flexibility index (Phi) is 1.82. The molecule has 2 aromatic heterocycles. The van der Waals surface area contributed by atoms with Gasteiger partial charge in [-0.25, -0.2) is 9.50 Å². The van der Waals surface area contributed by atoms with Gasteiger partial charge in [-0.1, -0.05) is 0 Å². The summed E-state index contributed by atoms with van der Waals surface area (Å²) >= 11 is 0. The fourth-order valence-electron chi connectivity index (χ4n) is 1.50. The molecular formula is C8H8N4O3. The lowest BCUT2D eigenvalue weighted by Gasteiger charge is -1.99. The summed E-state index contributed by atoms with van der Waals surface area (Å²) in [4.78, 5) is 25.2. The SMILES string of the molecule is Cc1cc(C)n2[nH]c(=O)c([N+](=O)[O-])c2n1. The van der Waals surface area contributed by atoms with E-state index in [9.17, 15) is 14.9 Å². The fraction of sp³-hybridized carbons (Fsp3) is 0.250. The van der Waals surface area contributed by atoms with Gasteiger partial charge in [0.25, 0.3) is 0 Å². The largest absolute Gasteiger partial charge is 0.379 e. The highest BCUT2D eigenvalue weighted by molar-refractivity contribution is 5.58. The van der Waals surface area contributed by atoms with E-state index < -0.39 is 16.2 Å². The summed E-state index contributed by atoms with van der Waals surface area (Å²) < 4.78 is 1.31. The molecule has 0 atom stereocenters. The predicted octanol–water partition coefficient (Wildman–Crippen LogP) is 0.548. The van der Waals surface area contributed by atoms with Crippen molar-refractivity contribution in [1.29, 1.82) is 0 Å². The quantitative estimate of drug-likeness (QED) is 0.546. The average molecular weight is 208 g/mol. The van der Waals surface area contributed by atoms with Gasteiger partial charge in [-0.2, -0.15) is 0 Å². The Balaban J connectivity index is 2.99. The van der Waals surface area contributed by atoms with E-state index in [-0.39, 0.29) is 5.65 Å². The third kappa shape index (κ3) is 1.28. The van der Waals surface area contributed by atoms with Crippen LogP contribution in [-0.2, 0) is 0 Å². The lowest BCUT2D eigenvalue weighted by Crippen LogP contribution is -2.05. The molecule has 0 radical (unpaired) electrons. The maximum atomic E-state index is 11.3. The number of aromatic nitrogens is 3. The van der Waals surface area contributed by atoms with Crippen LogP contribution in [0.3, 0.4) is 0 Å². The zero-order chi connectivity index (χ0) is 11.2. The van der Waals surface area contributed by atoms with Gasteiger partial charge < -0.3 is 0 Å². The molecule has 0 saturated heterocycles. The molecule has 0 spiro atoms. The molecule has 78 valence electrons. The van der Waals surface area contributed by atoms with Crippen LogP contribution in [0.2, 0.25) is 0 Å². The second-order valence-corrected chi connectivity index (χ2v) is 3.24. The van der Waals surface area contributed by atoms with Crippen LogP contribution in [-0.4, -0.2) is 19.5 Å². The van der Waals surface area contributed by atoms with Gasteiger partial charge in [-0.15, -0.1) is 0 Å². The molecule has 2 aromatic rings. The standard InChI is InChI=1S/C8H8N4O3/c1-4-3-5(2)11-7(9-4)6(12(14)15)8(13)10-11/h3H,1-2H3,(H,10,13). The number of aryl methyl sites for hydroxylation is 2. The topological polar surface area (TPSA) is 93.3 Å². The van der Waals surface area contributed by atoms with Gasteiger partial charge in [0.15, 0.2) is 0 Å². The Morgan fingerprint density at radius 2 is 2.20 bits per heavy atom. The van der Waals surface area contributed by atoms with Gasteiger partial charge in [0.2, 0.25) is 5.65 Å². The van der Waals surface area contributed by atoms with Crippen molar-refractivity contribution in [3.05, 3.63) is 37.9 Å². The lowest BCUT2D eigenvalue weighted by molar-refractivity contribution is -0.384. The van der Waals surface area contributed by atoms with Crippen molar-refractivity contribution < 1.29 is 4.92 Å². The first-order valence-electron chi connectivity index (χ1n) is 4.24. The first-order valence-corrected chi connectivity index (χ1v) is 4.24. The Hall–Kier alpha value is -2.18. The van der Waals surface area contributed by atoms with E-state index in [1.165, 1.54) is 4.52 Å². The fourth-order valence-corrected chi connectivity index (χ4v) is 1.50. The highest BCUT2D eigenvalue weighted by atomic mass is 16.6. The van der Waals surface area contributed by atoms with E-state index in [2.05, 4.69) is 10.1 Å². The lowest BCUT2D eigenvalue weighted by atomic mass is 10.3. The third-order valence-corrected chi connectivity index (χ3v) is 2.09. The Bertz CT molecular complexity index is 610. The van der Waals surface area contributed by atoms with Crippen molar-refractivity contribution in [3.63, 3.8) is 0 Å². The number of fused-ring (bicyclic) bond motifs is 1. The summed E-state index contributed by atoms with van der Waals surface area (Å²) in [5, 5.41) is 13.0. The molecule has 0 fully saturated rings. The van der Waals surface area contributed by atoms with Crippen molar-refractivity contribution in [3.8, 4) is 0 Å². The molecule has 7 nitrogen and oxygen atoms in total. The van der Waals surface area contributed by atoms with Crippen LogP contribution in [0.5, 0.6) is 0 Å². The molecule has 7 heteroatoms. The molecule has 15 heavy (non-hydrogen) atoms. The molecule has 0 unspecified atom stereocenters. The minimum absolute atomic E-state index is 0.0579. The number of H-pyrrole nitrogens is 1. The molecule has 0 saturated carbocycles. The summed E-state index contributed by atoms with van der Waals surface area (Å²) in [6.07, 6.45) is 0. The van der Waals surface area contributed by atoms with Crippen LogP contribution < -0.4 is 5.56 Å². The van der Waals surface area contributed by atoms with E-state index in [1.54, 1.807) is 19.9 Å². The van der Waals surface area contributed by atoms with Crippen LogP contribution in [0.1, 0.15) is 11.4 Å². The number of rotatable bonds is 1. The summed E-state index contributed by atoms with van der Waals surface area (Å²) in [5.74, 6) is 0. The number of nitrogens with zero attached hydrogens (tertiary/aromatic N) is 3. The van der Waals surface area contributed by atoms with Crippen molar-refractivity contribution in [2.75, 3.05) is 0 Å². The van der Waals surface area contributed by atoms with E-state index in [0.29, 0.717) is 11.4 Å². The number of hydrogen-bond acceptors (Lipinski definition) is 4. The van der Waals surface area contributed by atoms with Gasteiger partial charge in [-0.05, 0) is 19.9 Å². The third-order valence-electron chi connectivity index (χ3n) is 2.09. The van der Waals surface area contributed by atoms with Crippen molar-refractivity contribution in [2.24, 2.45) is 0 Å². The summed E-state index contributed by atoms with van der Waals surface area (Å²) in [5.41, 5.74) is 0.141. The Morgan fingerprint density at radius 3 is 2.80 bits per heavy atom. The maximum absolute atomic E-state index is 11.3. The second-order valence-electron chi connectivity index (χ2n) is 3.24. The minimum Gasteiger partial charge on any atom is -0.260 e. The monoisotopic (exact) mass is 208 g/mol. The van der Waals surface area contributed by atoms with Gasteiger partial charge in [0.1, 0.15) is 0 Å². The highest BCUT2D eigenvalue weighted by Gasteiger charge is 2.22. The summed E-state index contributed by atoms with van der Waals surface area (Å²) in [6.45, 7) is 3.45. The van der Waals surface area contributed by atoms with Gasteiger partial charge in [-0.3, -0.25) is 20.0 Å². The second kappa shape index (κ2) is 2.91. The predicted molar refractivity (Wildman–Crippen MR) is 51.9 cm³/mol. The molecule has 0 amide bonds. The average Bonchev–Trinajstić information content (AvgIpc) is 2.41. The van der Waals surface area contributed by atoms with E-state index in [0.717, 1.165) is 0 Å². The smallest absolute Gasteiger partial charge is 0.260 e. The van der Waals surface area contributed by atoms with Crippen LogP contribution >= 0.6 is 0 Å². The Morgan fingerprint density at radius 1 is 1.53 bits per heavy atom. The van der Waals surface area contributed by atoms with E-state index in [4.69, 9.17) is 0 Å². The van der Waals surface area contributed by atoms with Crippen LogP contribution in [0, 0.1) is 24.0 Å². The summed E-state index contributed by atoms with van der Waals surface area (Å²) in [7, 11) is 0. The van der Waals surface area contributed by atoms with Crippen molar-refractivity contribution in [2.45, 2.75) is 13.8 Å². The first-order chi connectivity index (χ1) is 7.00. The molecule has 0 aliphatic rings. The van der Waals surface area contributed by atoms with Crippen LogP contribution in [0.4, 0.5) is 5.69 Å². The van der Waals surface area contributed by atoms with E-state index in [1.807, 2.05) is 0 Å². The van der Waals surface area contributed by atoms with Gasteiger partial charge >= 0.3 is 11.2 Å². The normalized spacial score (nSPS) is 10.8. The highest BCUT2D eigenvalue weighted by Crippen LogP contribution is 2.14. The first kappa shape index (κ1) is 9.38. The number of hydrogen-bond donors (Lipinski definition) is 1. The zero-order valence-electron chi connectivity index (χ0n) is 8.14. The van der Waals surface area contributed by atoms with Crippen molar-refractivity contribution >= 4 is 11.3 Å². The summed E-state index contributed by atoms with van der Waals surface area (Å²) in [6, 6.07) is 1.73. The number of nitrogens with one attached hydrogen (secondary N) is 1. The molecule has 2 heterocycles. The minimum atomic E-state index is -0.735. The van der Waals surface area contributed by atoms with Gasteiger partial charge in [0.05, 0.1) is 4.92 Å².